The normalized spacial score (nSPS) is 24.3. The molecule has 0 amide bonds. The number of fused-ring (bicyclic) bond motifs is 1. The fourth-order valence-electron chi connectivity index (χ4n) is 3.92. The molecule has 0 spiro atoms. The zero-order valence-corrected chi connectivity index (χ0v) is 15.1. The number of hydrogen-bond donors (Lipinski definition) is 1. The van der Waals surface area contributed by atoms with Gasteiger partial charge in [-0.05, 0) is 38.4 Å². The Balaban J connectivity index is 1.44. The number of piperazine rings is 1. The van der Waals surface area contributed by atoms with E-state index < -0.39 is 0 Å². The van der Waals surface area contributed by atoms with Crippen molar-refractivity contribution in [2.45, 2.75) is 38.3 Å². The van der Waals surface area contributed by atoms with Gasteiger partial charge in [0.2, 0.25) is 5.89 Å². The van der Waals surface area contributed by atoms with E-state index in [-0.39, 0.29) is 6.04 Å². The first-order valence-electron chi connectivity index (χ1n) is 9.30. The van der Waals surface area contributed by atoms with Gasteiger partial charge in [-0.1, -0.05) is 23.4 Å². The fraction of sp³-hybridized carbons (Fsp3) is 0.579. The molecule has 0 radical (unpaired) electrons. The van der Waals surface area contributed by atoms with Crippen molar-refractivity contribution in [1.82, 2.24) is 20.4 Å². The van der Waals surface area contributed by atoms with Crippen LogP contribution in [0.1, 0.15) is 36.7 Å². The maximum Gasteiger partial charge on any atom is 0.228 e. The quantitative estimate of drug-likeness (QED) is 0.918. The third kappa shape index (κ3) is 3.41. The molecule has 2 aliphatic rings. The van der Waals surface area contributed by atoms with Gasteiger partial charge in [-0.3, -0.25) is 4.90 Å². The number of aromatic nitrogens is 2. The number of nitrogens with one attached hydrogen (secondary N) is 1. The van der Waals surface area contributed by atoms with Crippen LogP contribution in [0.2, 0.25) is 0 Å². The van der Waals surface area contributed by atoms with E-state index in [4.69, 9.17) is 4.52 Å². The highest BCUT2D eigenvalue weighted by Gasteiger charge is 2.26. The van der Waals surface area contributed by atoms with Gasteiger partial charge in [0.15, 0.2) is 5.82 Å². The standard InChI is InChI=1S/C19H27N5O/c1-14-7-8-15-5-3-4-6-16(15)24(14)11-9-18-21-19(22-25-18)17-13-20-10-12-23(17)2/h3-6,14,17,20H,7-13H2,1-2H3. The van der Waals surface area contributed by atoms with Crippen LogP contribution in [0.5, 0.6) is 0 Å². The van der Waals surface area contributed by atoms with E-state index in [0.717, 1.165) is 44.3 Å². The number of hydrogen-bond acceptors (Lipinski definition) is 6. The van der Waals surface area contributed by atoms with Crippen molar-refractivity contribution in [3.63, 3.8) is 0 Å². The molecule has 4 rings (SSSR count). The molecule has 2 aliphatic heterocycles. The molecule has 2 atom stereocenters. The maximum absolute atomic E-state index is 5.54. The van der Waals surface area contributed by atoms with Crippen LogP contribution in [0.3, 0.4) is 0 Å². The average Bonchev–Trinajstić information content (AvgIpc) is 3.10. The van der Waals surface area contributed by atoms with Gasteiger partial charge in [0.25, 0.3) is 0 Å². The SMILES string of the molecule is CC1CCc2ccccc2N1CCc1nc(C2CNCCN2C)no1. The molecule has 0 bridgehead atoms. The third-order valence-electron chi connectivity index (χ3n) is 5.52. The zero-order chi connectivity index (χ0) is 17.2. The molecule has 0 saturated carbocycles. The monoisotopic (exact) mass is 341 g/mol. The van der Waals surface area contributed by atoms with E-state index in [2.05, 4.69) is 63.5 Å². The highest BCUT2D eigenvalue weighted by molar-refractivity contribution is 5.56. The van der Waals surface area contributed by atoms with Crippen molar-refractivity contribution in [3.8, 4) is 0 Å². The van der Waals surface area contributed by atoms with Crippen molar-refractivity contribution in [3.05, 3.63) is 41.5 Å². The van der Waals surface area contributed by atoms with Gasteiger partial charge < -0.3 is 14.7 Å². The maximum atomic E-state index is 5.54. The van der Waals surface area contributed by atoms with Gasteiger partial charge in [-0.15, -0.1) is 0 Å². The topological polar surface area (TPSA) is 57.4 Å². The van der Waals surface area contributed by atoms with Crippen molar-refractivity contribution < 1.29 is 4.52 Å². The minimum Gasteiger partial charge on any atom is -0.368 e. The number of anilines is 1. The summed E-state index contributed by atoms with van der Waals surface area (Å²) in [5.41, 5.74) is 2.80. The van der Waals surface area contributed by atoms with Gasteiger partial charge in [0.05, 0.1) is 6.04 Å². The first-order chi connectivity index (χ1) is 12.2. The van der Waals surface area contributed by atoms with Crippen LogP contribution in [0.25, 0.3) is 0 Å². The minimum absolute atomic E-state index is 0.209. The van der Waals surface area contributed by atoms with E-state index >= 15 is 0 Å². The molecule has 1 aromatic heterocycles. The highest BCUT2D eigenvalue weighted by atomic mass is 16.5. The minimum atomic E-state index is 0.209. The number of benzene rings is 1. The Labute approximate surface area is 149 Å². The molecule has 6 nitrogen and oxygen atoms in total. The van der Waals surface area contributed by atoms with Crippen molar-refractivity contribution in [1.29, 1.82) is 0 Å². The Morgan fingerprint density at radius 1 is 1.32 bits per heavy atom. The number of likely N-dealkylation sites (N-methyl/N-ethyl adjacent to an activating group) is 1. The Morgan fingerprint density at radius 3 is 3.08 bits per heavy atom. The van der Waals surface area contributed by atoms with E-state index in [9.17, 15) is 0 Å². The summed E-state index contributed by atoms with van der Waals surface area (Å²) in [6.07, 6.45) is 3.15. The summed E-state index contributed by atoms with van der Waals surface area (Å²) < 4.78 is 5.54. The fourth-order valence-corrected chi connectivity index (χ4v) is 3.92. The van der Waals surface area contributed by atoms with Gasteiger partial charge in [-0.2, -0.15) is 4.98 Å². The van der Waals surface area contributed by atoms with Crippen LogP contribution < -0.4 is 10.2 Å². The molecule has 0 aliphatic carbocycles. The predicted octanol–water partition coefficient (Wildman–Crippen LogP) is 2.03. The molecule has 6 heteroatoms. The predicted molar refractivity (Wildman–Crippen MR) is 97.8 cm³/mol. The first-order valence-corrected chi connectivity index (χ1v) is 9.30. The highest BCUT2D eigenvalue weighted by Crippen LogP contribution is 2.30. The lowest BCUT2D eigenvalue weighted by molar-refractivity contribution is 0.190. The summed E-state index contributed by atoms with van der Waals surface area (Å²) in [4.78, 5) is 9.43. The summed E-state index contributed by atoms with van der Waals surface area (Å²) in [7, 11) is 2.12. The Bertz CT molecular complexity index is 715. The van der Waals surface area contributed by atoms with Crippen LogP contribution in [0.4, 0.5) is 5.69 Å². The van der Waals surface area contributed by atoms with Crippen molar-refractivity contribution in [2.24, 2.45) is 0 Å². The molecule has 1 N–H and O–H groups in total. The largest absolute Gasteiger partial charge is 0.368 e. The van der Waals surface area contributed by atoms with Crippen LogP contribution in [-0.4, -0.2) is 54.3 Å². The molecule has 3 heterocycles. The van der Waals surface area contributed by atoms with Gasteiger partial charge >= 0.3 is 0 Å². The second-order valence-corrected chi connectivity index (χ2v) is 7.21. The molecule has 1 fully saturated rings. The lowest BCUT2D eigenvalue weighted by Crippen LogP contribution is -2.44. The summed E-state index contributed by atoms with van der Waals surface area (Å²) in [5.74, 6) is 1.54. The Hall–Kier alpha value is -1.92. The van der Waals surface area contributed by atoms with Gasteiger partial charge in [-0.25, -0.2) is 0 Å². The summed E-state index contributed by atoms with van der Waals surface area (Å²) >= 11 is 0. The third-order valence-corrected chi connectivity index (χ3v) is 5.52. The molecular weight excluding hydrogens is 314 g/mol. The zero-order valence-electron chi connectivity index (χ0n) is 15.1. The Morgan fingerprint density at radius 2 is 2.20 bits per heavy atom. The van der Waals surface area contributed by atoms with E-state index in [1.54, 1.807) is 0 Å². The smallest absolute Gasteiger partial charge is 0.228 e. The number of rotatable bonds is 4. The van der Waals surface area contributed by atoms with Gasteiger partial charge in [0, 0.05) is 44.3 Å². The molecule has 2 aromatic rings. The molecule has 25 heavy (non-hydrogen) atoms. The summed E-state index contributed by atoms with van der Waals surface area (Å²) in [5, 5.41) is 7.63. The molecular formula is C19H27N5O. The molecule has 134 valence electrons. The van der Waals surface area contributed by atoms with Crippen molar-refractivity contribution in [2.75, 3.05) is 38.1 Å². The number of para-hydroxylation sites is 1. The summed E-state index contributed by atoms with van der Waals surface area (Å²) in [6.45, 7) is 6.13. The average molecular weight is 341 g/mol. The van der Waals surface area contributed by atoms with Crippen LogP contribution >= 0.6 is 0 Å². The lowest BCUT2D eigenvalue weighted by Gasteiger charge is -2.36. The second-order valence-electron chi connectivity index (χ2n) is 7.21. The van der Waals surface area contributed by atoms with E-state index in [1.807, 2.05) is 0 Å². The molecule has 1 saturated heterocycles. The number of nitrogens with zero attached hydrogens (tertiary/aromatic N) is 4. The van der Waals surface area contributed by atoms with Crippen LogP contribution in [0, 0.1) is 0 Å². The van der Waals surface area contributed by atoms with Gasteiger partial charge in [0.1, 0.15) is 0 Å². The van der Waals surface area contributed by atoms with E-state index in [1.165, 1.54) is 24.1 Å². The molecule has 1 aromatic carbocycles. The first kappa shape index (κ1) is 16.5. The van der Waals surface area contributed by atoms with E-state index in [0.29, 0.717) is 6.04 Å². The Kier molecular flexibility index (Phi) is 4.72. The van der Waals surface area contributed by atoms with Crippen LogP contribution in [0.15, 0.2) is 28.8 Å². The summed E-state index contributed by atoms with van der Waals surface area (Å²) in [6, 6.07) is 9.48. The van der Waals surface area contributed by atoms with Crippen molar-refractivity contribution >= 4 is 5.69 Å². The van der Waals surface area contributed by atoms with Crippen LogP contribution in [-0.2, 0) is 12.8 Å². The second kappa shape index (κ2) is 7.14. The lowest BCUT2D eigenvalue weighted by atomic mass is 9.96. The number of aryl methyl sites for hydroxylation is 1. The molecule has 2 unspecified atom stereocenters.